The maximum atomic E-state index is 5.87. The standard InChI is InChI=1S/C15H19ClN2/c1-11(9-16)12(2)18-10-13-7-8-17-15-6-4-3-5-14(13)15/h3-8,11-12,18H,9-10H2,1-2H3. The van der Waals surface area contributed by atoms with E-state index < -0.39 is 0 Å². The third-order valence-electron chi connectivity index (χ3n) is 3.45. The van der Waals surface area contributed by atoms with Gasteiger partial charge in [-0.3, -0.25) is 4.98 Å². The minimum absolute atomic E-state index is 0.412. The lowest BCUT2D eigenvalue weighted by Gasteiger charge is -2.19. The number of nitrogens with one attached hydrogen (secondary N) is 1. The lowest BCUT2D eigenvalue weighted by molar-refractivity contribution is 0.430. The van der Waals surface area contributed by atoms with Crippen LogP contribution in [-0.4, -0.2) is 16.9 Å². The fraction of sp³-hybridized carbons (Fsp3) is 0.400. The number of pyridine rings is 1. The Labute approximate surface area is 113 Å². The molecule has 18 heavy (non-hydrogen) atoms. The number of alkyl halides is 1. The van der Waals surface area contributed by atoms with E-state index >= 15 is 0 Å². The Kier molecular flexibility index (Phi) is 4.56. The van der Waals surface area contributed by atoms with Crippen molar-refractivity contribution in [3.63, 3.8) is 0 Å². The summed E-state index contributed by atoms with van der Waals surface area (Å²) in [5, 5.41) is 4.75. The van der Waals surface area contributed by atoms with Gasteiger partial charge in [0.25, 0.3) is 0 Å². The SMILES string of the molecule is CC(CCl)C(C)NCc1ccnc2ccccc12. The molecule has 96 valence electrons. The van der Waals surface area contributed by atoms with E-state index in [-0.39, 0.29) is 0 Å². The summed E-state index contributed by atoms with van der Waals surface area (Å²) in [6.07, 6.45) is 1.87. The molecular weight excluding hydrogens is 244 g/mol. The van der Waals surface area contributed by atoms with E-state index in [9.17, 15) is 0 Å². The fourth-order valence-electron chi connectivity index (χ4n) is 1.91. The van der Waals surface area contributed by atoms with E-state index in [4.69, 9.17) is 11.6 Å². The predicted molar refractivity (Wildman–Crippen MR) is 77.9 cm³/mol. The number of fused-ring (bicyclic) bond motifs is 1. The maximum absolute atomic E-state index is 5.87. The topological polar surface area (TPSA) is 24.9 Å². The summed E-state index contributed by atoms with van der Waals surface area (Å²) in [5.74, 6) is 1.16. The summed E-state index contributed by atoms with van der Waals surface area (Å²) >= 11 is 5.87. The molecule has 3 heteroatoms. The second-order valence-electron chi connectivity index (χ2n) is 4.79. The van der Waals surface area contributed by atoms with Crippen LogP contribution in [0, 0.1) is 5.92 Å². The number of para-hydroxylation sites is 1. The average molecular weight is 263 g/mol. The van der Waals surface area contributed by atoms with Crippen molar-refractivity contribution < 1.29 is 0 Å². The largest absolute Gasteiger partial charge is 0.310 e. The smallest absolute Gasteiger partial charge is 0.0705 e. The highest BCUT2D eigenvalue weighted by Crippen LogP contribution is 2.16. The number of hydrogen-bond acceptors (Lipinski definition) is 2. The van der Waals surface area contributed by atoms with Crippen LogP contribution in [0.3, 0.4) is 0 Å². The van der Waals surface area contributed by atoms with Gasteiger partial charge in [0.05, 0.1) is 5.52 Å². The first-order chi connectivity index (χ1) is 8.72. The van der Waals surface area contributed by atoms with Gasteiger partial charge in [-0.2, -0.15) is 0 Å². The van der Waals surface area contributed by atoms with E-state index in [1.165, 1.54) is 10.9 Å². The van der Waals surface area contributed by atoms with Crippen LogP contribution < -0.4 is 5.32 Å². The molecule has 0 amide bonds. The molecule has 0 saturated carbocycles. The van der Waals surface area contributed by atoms with Crippen molar-refractivity contribution in [3.8, 4) is 0 Å². The molecule has 0 aliphatic rings. The van der Waals surface area contributed by atoms with E-state index in [2.05, 4.69) is 42.3 Å². The van der Waals surface area contributed by atoms with Crippen LogP contribution in [-0.2, 0) is 6.54 Å². The zero-order valence-electron chi connectivity index (χ0n) is 10.9. The Hall–Kier alpha value is -1.12. The summed E-state index contributed by atoms with van der Waals surface area (Å²) in [4.78, 5) is 4.37. The molecule has 0 saturated heterocycles. The average Bonchev–Trinajstić information content (AvgIpc) is 2.43. The monoisotopic (exact) mass is 262 g/mol. The van der Waals surface area contributed by atoms with Crippen molar-refractivity contribution in [1.82, 2.24) is 10.3 Å². The van der Waals surface area contributed by atoms with Crippen LogP contribution in [0.1, 0.15) is 19.4 Å². The summed E-state index contributed by atoms with van der Waals surface area (Å²) in [7, 11) is 0. The summed E-state index contributed by atoms with van der Waals surface area (Å²) < 4.78 is 0. The number of hydrogen-bond donors (Lipinski definition) is 1. The Balaban J connectivity index is 2.12. The van der Waals surface area contributed by atoms with E-state index in [1.54, 1.807) is 0 Å². The maximum Gasteiger partial charge on any atom is 0.0705 e. The summed E-state index contributed by atoms with van der Waals surface area (Å²) in [6, 6.07) is 10.7. The minimum atomic E-state index is 0.412. The molecule has 0 radical (unpaired) electrons. The van der Waals surface area contributed by atoms with Crippen molar-refractivity contribution in [2.75, 3.05) is 5.88 Å². The van der Waals surface area contributed by atoms with E-state index in [0.717, 1.165) is 12.1 Å². The van der Waals surface area contributed by atoms with Crippen molar-refractivity contribution in [1.29, 1.82) is 0 Å². The van der Waals surface area contributed by atoms with Gasteiger partial charge in [-0.15, -0.1) is 11.6 Å². The number of halogens is 1. The van der Waals surface area contributed by atoms with Gasteiger partial charge in [0.2, 0.25) is 0 Å². The lowest BCUT2D eigenvalue weighted by atomic mass is 10.0. The molecule has 0 spiro atoms. The molecule has 0 bridgehead atoms. The van der Waals surface area contributed by atoms with E-state index in [0.29, 0.717) is 17.8 Å². The van der Waals surface area contributed by atoms with Gasteiger partial charge in [0.1, 0.15) is 0 Å². The summed E-state index contributed by atoms with van der Waals surface area (Å²) in [5.41, 5.74) is 2.34. The quantitative estimate of drug-likeness (QED) is 0.833. The van der Waals surface area contributed by atoms with Crippen LogP contribution in [0.4, 0.5) is 0 Å². The zero-order chi connectivity index (χ0) is 13.0. The molecule has 1 aromatic heterocycles. The Bertz CT molecular complexity index is 507. The molecule has 0 aliphatic carbocycles. The lowest BCUT2D eigenvalue weighted by Crippen LogP contribution is -2.32. The van der Waals surface area contributed by atoms with Crippen LogP contribution in [0.15, 0.2) is 36.5 Å². The number of rotatable bonds is 5. The highest BCUT2D eigenvalue weighted by atomic mass is 35.5. The van der Waals surface area contributed by atoms with Gasteiger partial charge in [-0.1, -0.05) is 25.1 Å². The van der Waals surface area contributed by atoms with Gasteiger partial charge in [0.15, 0.2) is 0 Å². The Morgan fingerprint density at radius 3 is 2.78 bits per heavy atom. The molecule has 2 unspecified atom stereocenters. The predicted octanol–water partition coefficient (Wildman–Crippen LogP) is 3.59. The molecular formula is C15H19ClN2. The van der Waals surface area contributed by atoms with Crippen LogP contribution in [0.5, 0.6) is 0 Å². The number of aromatic nitrogens is 1. The third-order valence-corrected chi connectivity index (χ3v) is 3.94. The second-order valence-corrected chi connectivity index (χ2v) is 5.10. The van der Waals surface area contributed by atoms with Gasteiger partial charge in [-0.25, -0.2) is 0 Å². The highest BCUT2D eigenvalue weighted by Gasteiger charge is 2.10. The molecule has 1 N–H and O–H groups in total. The van der Waals surface area contributed by atoms with Crippen molar-refractivity contribution in [2.45, 2.75) is 26.4 Å². The minimum Gasteiger partial charge on any atom is -0.310 e. The molecule has 2 aromatic rings. The van der Waals surface area contributed by atoms with Gasteiger partial charge < -0.3 is 5.32 Å². The number of benzene rings is 1. The zero-order valence-corrected chi connectivity index (χ0v) is 11.6. The van der Waals surface area contributed by atoms with Crippen LogP contribution in [0.2, 0.25) is 0 Å². The molecule has 0 aliphatic heterocycles. The Morgan fingerprint density at radius 1 is 1.22 bits per heavy atom. The van der Waals surface area contributed by atoms with Crippen molar-refractivity contribution >= 4 is 22.5 Å². The molecule has 1 aromatic carbocycles. The first kappa shape index (κ1) is 13.3. The van der Waals surface area contributed by atoms with Gasteiger partial charge in [0, 0.05) is 30.0 Å². The third kappa shape index (κ3) is 3.01. The van der Waals surface area contributed by atoms with Crippen LogP contribution in [0.25, 0.3) is 10.9 Å². The normalized spacial score (nSPS) is 14.6. The first-order valence-electron chi connectivity index (χ1n) is 6.34. The van der Waals surface area contributed by atoms with Gasteiger partial charge in [-0.05, 0) is 30.5 Å². The fourth-order valence-corrected chi connectivity index (χ4v) is 2.18. The van der Waals surface area contributed by atoms with Crippen molar-refractivity contribution in [3.05, 3.63) is 42.1 Å². The van der Waals surface area contributed by atoms with E-state index in [1.807, 2.05) is 18.3 Å². The van der Waals surface area contributed by atoms with Gasteiger partial charge >= 0.3 is 0 Å². The van der Waals surface area contributed by atoms with Crippen LogP contribution >= 0.6 is 11.6 Å². The number of nitrogens with zero attached hydrogens (tertiary/aromatic N) is 1. The Morgan fingerprint density at radius 2 is 2.00 bits per heavy atom. The molecule has 0 fully saturated rings. The molecule has 2 atom stereocenters. The highest BCUT2D eigenvalue weighted by molar-refractivity contribution is 6.18. The first-order valence-corrected chi connectivity index (χ1v) is 6.88. The molecule has 2 nitrogen and oxygen atoms in total. The second kappa shape index (κ2) is 6.17. The summed E-state index contributed by atoms with van der Waals surface area (Å²) in [6.45, 7) is 5.19. The molecule has 2 rings (SSSR count). The van der Waals surface area contributed by atoms with Crippen molar-refractivity contribution in [2.24, 2.45) is 5.92 Å². The molecule has 1 heterocycles.